The van der Waals surface area contributed by atoms with Gasteiger partial charge >= 0.3 is 0 Å². The Morgan fingerprint density at radius 3 is 2.79 bits per heavy atom. The van der Waals surface area contributed by atoms with Gasteiger partial charge in [0, 0.05) is 17.1 Å². The van der Waals surface area contributed by atoms with Crippen molar-refractivity contribution < 1.29 is 4.79 Å². The van der Waals surface area contributed by atoms with Crippen LogP contribution in [0.3, 0.4) is 0 Å². The van der Waals surface area contributed by atoms with Crippen LogP contribution < -0.4 is 0 Å². The van der Waals surface area contributed by atoms with Crippen molar-refractivity contribution in [3.63, 3.8) is 0 Å². The van der Waals surface area contributed by atoms with Crippen LogP contribution >= 0.6 is 22.9 Å². The Bertz CT molecular complexity index is 554. The topological polar surface area (TPSA) is 33.2 Å². The molecule has 0 aliphatic carbocycles. The molecule has 2 rings (SSSR count). The molecule has 0 unspecified atom stereocenters. The zero-order valence-electron chi connectivity index (χ0n) is 10.8. The van der Waals surface area contributed by atoms with Gasteiger partial charge in [-0.05, 0) is 37.4 Å². The molecule has 0 bridgehead atoms. The van der Waals surface area contributed by atoms with E-state index in [0.717, 1.165) is 4.88 Å². The molecule has 0 saturated heterocycles. The second kappa shape index (κ2) is 6.17. The molecule has 100 valence electrons. The summed E-state index contributed by atoms with van der Waals surface area (Å²) < 4.78 is 0. The van der Waals surface area contributed by atoms with E-state index in [1.807, 2.05) is 31.4 Å². The molecule has 3 nitrogen and oxygen atoms in total. The van der Waals surface area contributed by atoms with Crippen molar-refractivity contribution >= 4 is 28.8 Å². The minimum atomic E-state index is -0.0819. The van der Waals surface area contributed by atoms with Crippen molar-refractivity contribution in [2.45, 2.75) is 26.4 Å². The smallest absolute Gasteiger partial charge is 0.257 e. The van der Waals surface area contributed by atoms with Crippen LogP contribution in [-0.4, -0.2) is 21.8 Å². The minimum Gasteiger partial charge on any atom is -0.331 e. The Balaban J connectivity index is 2.24. The summed E-state index contributed by atoms with van der Waals surface area (Å²) in [5, 5.41) is 2.26. The maximum Gasteiger partial charge on any atom is 0.257 e. The number of halogens is 1. The highest BCUT2D eigenvalue weighted by Gasteiger charge is 2.21. The average Bonchev–Trinajstić information content (AvgIpc) is 2.88. The summed E-state index contributed by atoms with van der Waals surface area (Å²) in [6, 6.07) is 7.55. The Morgan fingerprint density at radius 1 is 1.42 bits per heavy atom. The molecule has 0 aliphatic rings. The van der Waals surface area contributed by atoms with E-state index in [-0.39, 0.29) is 17.1 Å². The molecule has 2 aromatic heterocycles. The van der Waals surface area contributed by atoms with E-state index in [1.165, 1.54) is 0 Å². The highest BCUT2D eigenvalue weighted by Crippen LogP contribution is 2.19. The summed E-state index contributed by atoms with van der Waals surface area (Å²) in [5.74, 6) is -0.0819. The van der Waals surface area contributed by atoms with Crippen LogP contribution in [0.25, 0.3) is 0 Å². The number of pyridine rings is 1. The summed E-state index contributed by atoms with van der Waals surface area (Å²) in [4.78, 5) is 19.5. The van der Waals surface area contributed by atoms with Gasteiger partial charge in [0.05, 0.1) is 12.1 Å². The van der Waals surface area contributed by atoms with Gasteiger partial charge in [-0.25, -0.2) is 4.98 Å². The van der Waals surface area contributed by atoms with Crippen molar-refractivity contribution in [3.05, 3.63) is 51.4 Å². The Labute approximate surface area is 121 Å². The Hall–Kier alpha value is -1.39. The molecule has 5 heteroatoms. The molecule has 0 aliphatic heterocycles. The van der Waals surface area contributed by atoms with E-state index in [9.17, 15) is 4.79 Å². The van der Waals surface area contributed by atoms with Crippen LogP contribution in [0.2, 0.25) is 5.15 Å². The van der Waals surface area contributed by atoms with Crippen LogP contribution in [0.5, 0.6) is 0 Å². The molecule has 0 N–H and O–H groups in total. The molecule has 2 aromatic rings. The maximum absolute atomic E-state index is 12.5. The van der Waals surface area contributed by atoms with Crippen molar-refractivity contribution in [1.29, 1.82) is 0 Å². The van der Waals surface area contributed by atoms with Crippen LogP contribution in [0.1, 0.15) is 29.1 Å². The lowest BCUT2D eigenvalue weighted by Gasteiger charge is -2.26. The third-order valence-electron chi connectivity index (χ3n) is 2.78. The number of amides is 1. The molecule has 2 heterocycles. The predicted octanol–water partition coefficient (Wildman–Crippen LogP) is 3.85. The van der Waals surface area contributed by atoms with E-state index in [0.29, 0.717) is 12.1 Å². The molecule has 19 heavy (non-hydrogen) atoms. The number of nitrogens with zero attached hydrogens (tertiary/aromatic N) is 2. The van der Waals surface area contributed by atoms with Gasteiger partial charge in [0.25, 0.3) is 5.91 Å². The fourth-order valence-electron chi connectivity index (χ4n) is 1.76. The van der Waals surface area contributed by atoms with Crippen molar-refractivity contribution in [2.75, 3.05) is 0 Å². The van der Waals surface area contributed by atoms with Gasteiger partial charge in [-0.15, -0.1) is 11.3 Å². The molecule has 0 fully saturated rings. The van der Waals surface area contributed by atoms with Gasteiger partial charge in [0.2, 0.25) is 0 Å². The zero-order valence-corrected chi connectivity index (χ0v) is 12.4. The third kappa shape index (κ3) is 3.33. The highest BCUT2D eigenvalue weighted by atomic mass is 35.5. The average molecular weight is 295 g/mol. The highest BCUT2D eigenvalue weighted by molar-refractivity contribution is 7.09. The van der Waals surface area contributed by atoms with Gasteiger partial charge < -0.3 is 4.90 Å². The number of carbonyl (C=O) groups excluding carboxylic acids is 1. The van der Waals surface area contributed by atoms with Crippen molar-refractivity contribution in [1.82, 2.24) is 9.88 Å². The van der Waals surface area contributed by atoms with E-state index >= 15 is 0 Å². The first-order valence-electron chi connectivity index (χ1n) is 6.03. The normalized spacial score (nSPS) is 10.7. The van der Waals surface area contributed by atoms with Gasteiger partial charge in [-0.3, -0.25) is 4.79 Å². The fraction of sp³-hybridized carbons (Fsp3) is 0.286. The molecule has 0 saturated carbocycles. The lowest BCUT2D eigenvalue weighted by Crippen LogP contribution is -2.36. The summed E-state index contributed by atoms with van der Waals surface area (Å²) in [6.07, 6.45) is 1.58. The zero-order chi connectivity index (χ0) is 13.8. The molecule has 0 atom stereocenters. The summed E-state index contributed by atoms with van der Waals surface area (Å²) in [7, 11) is 0. The molecular weight excluding hydrogens is 280 g/mol. The second-order valence-electron chi connectivity index (χ2n) is 4.45. The van der Waals surface area contributed by atoms with Gasteiger partial charge in [-0.1, -0.05) is 17.7 Å². The predicted molar refractivity (Wildman–Crippen MR) is 78.6 cm³/mol. The SMILES string of the molecule is CC(C)N(Cc1cccs1)C(=O)c1cccnc1Cl. The molecule has 0 spiro atoms. The van der Waals surface area contributed by atoms with E-state index in [2.05, 4.69) is 4.98 Å². The van der Waals surface area contributed by atoms with E-state index in [1.54, 1.807) is 34.6 Å². The Kier molecular flexibility index (Phi) is 4.56. The lowest BCUT2D eigenvalue weighted by atomic mass is 10.2. The quantitative estimate of drug-likeness (QED) is 0.803. The standard InChI is InChI=1S/C14H15ClN2OS/c1-10(2)17(9-11-5-4-8-19-11)14(18)12-6-3-7-16-13(12)15/h3-8,10H,9H2,1-2H3. The molecular formula is C14H15ClN2OS. The number of aromatic nitrogens is 1. The third-order valence-corrected chi connectivity index (χ3v) is 3.94. The van der Waals surface area contributed by atoms with Gasteiger partial charge in [-0.2, -0.15) is 0 Å². The minimum absolute atomic E-state index is 0.0819. The van der Waals surface area contributed by atoms with Crippen LogP contribution in [0, 0.1) is 0 Å². The van der Waals surface area contributed by atoms with Gasteiger partial charge in [0.1, 0.15) is 5.15 Å². The Morgan fingerprint density at radius 2 is 2.21 bits per heavy atom. The van der Waals surface area contributed by atoms with E-state index < -0.39 is 0 Å². The van der Waals surface area contributed by atoms with Crippen LogP contribution in [-0.2, 0) is 6.54 Å². The second-order valence-corrected chi connectivity index (χ2v) is 5.84. The number of thiophene rings is 1. The lowest BCUT2D eigenvalue weighted by molar-refractivity contribution is 0.0692. The first-order valence-corrected chi connectivity index (χ1v) is 7.29. The summed E-state index contributed by atoms with van der Waals surface area (Å²) in [6.45, 7) is 4.59. The molecule has 1 amide bonds. The molecule has 0 radical (unpaired) electrons. The van der Waals surface area contributed by atoms with Crippen LogP contribution in [0.4, 0.5) is 0 Å². The van der Waals surface area contributed by atoms with Crippen molar-refractivity contribution in [3.8, 4) is 0 Å². The monoisotopic (exact) mass is 294 g/mol. The van der Waals surface area contributed by atoms with Crippen LogP contribution in [0.15, 0.2) is 35.8 Å². The van der Waals surface area contributed by atoms with E-state index in [4.69, 9.17) is 11.6 Å². The number of carbonyl (C=O) groups is 1. The number of hydrogen-bond acceptors (Lipinski definition) is 3. The largest absolute Gasteiger partial charge is 0.331 e. The summed E-state index contributed by atoms with van der Waals surface area (Å²) >= 11 is 7.64. The summed E-state index contributed by atoms with van der Waals surface area (Å²) in [5.41, 5.74) is 0.453. The van der Waals surface area contributed by atoms with Crippen molar-refractivity contribution in [2.24, 2.45) is 0 Å². The fourth-order valence-corrected chi connectivity index (χ4v) is 2.66. The molecule has 0 aromatic carbocycles. The maximum atomic E-state index is 12.5. The van der Waals surface area contributed by atoms with Gasteiger partial charge in [0.15, 0.2) is 0 Å². The number of hydrogen-bond donors (Lipinski definition) is 0. The first-order chi connectivity index (χ1) is 9.09. The first kappa shape index (κ1) is 14.0. The number of rotatable bonds is 4.